The zero-order valence-corrected chi connectivity index (χ0v) is 16.6. The molecular formula is C18H14Cl3N3O4. The lowest BCUT2D eigenvalue weighted by Crippen LogP contribution is -2.35. The molecule has 1 heterocycles. The minimum atomic E-state index is -1.63. The number of non-ortho nitro benzene ring substituents is 1. The van der Waals surface area contributed by atoms with Crippen LogP contribution in [0, 0.1) is 10.1 Å². The number of hydrogen-bond donors (Lipinski definition) is 0. The van der Waals surface area contributed by atoms with E-state index < -0.39 is 8.72 Å². The number of hydrogen-bond acceptors (Lipinski definition) is 5. The minimum absolute atomic E-state index is 0.112. The Bertz CT molecular complexity index is 929. The topological polar surface area (TPSA) is 85.0 Å². The van der Waals surface area contributed by atoms with E-state index in [1.807, 2.05) is 30.3 Å². The van der Waals surface area contributed by atoms with Crippen LogP contribution in [0.3, 0.4) is 0 Å². The summed E-state index contributed by atoms with van der Waals surface area (Å²) < 4.78 is 3.74. The first-order chi connectivity index (χ1) is 13.3. The van der Waals surface area contributed by atoms with Crippen molar-refractivity contribution in [3.05, 3.63) is 69.8 Å². The van der Waals surface area contributed by atoms with Crippen molar-refractivity contribution in [1.29, 1.82) is 0 Å². The molecule has 7 nitrogen and oxygen atoms in total. The molecule has 0 radical (unpaired) electrons. The number of anilines is 1. The van der Waals surface area contributed by atoms with Gasteiger partial charge in [0.05, 0.1) is 22.9 Å². The number of alkyl halides is 3. The number of rotatable bonds is 5. The summed E-state index contributed by atoms with van der Waals surface area (Å²) in [6, 6.07) is 13.3. The van der Waals surface area contributed by atoms with Crippen molar-refractivity contribution in [3.63, 3.8) is 0 Å². The molecule has 0 aliphatic carbocycles. The number of carbonyl (C=O) groups is 1. The number of ether oxygens (including phenoxy) is 1. The van der Waals surface area contributed by atoms with Gasteiger partial charge in [0.1, 0.15) is 13.3 Å². The molecule has 2 aromatic rings. The average molecular weight is 443 g/mol. The Morgan fingerprint density at radius 3 is 2.54 bits per heavy atom. The number of halogens is 3. The predicted octanol–water partition coefficient (Wildman–Crippen LogP) is 4.12. The quantitative estimate of drug-likeness (QED) is 0.396. The summed E-state index contributed by atoms with van der Waals surface area (Å²) in [5, 5.41) is 11.3. The molecule has 0 N–H and O–H groups in total. The fraction of sp³-hybridized carbons (Fsp3) is 0.222. The second kappa shape index (κ2) is 8.45. The van der Waals surface area contributed by atoms with E-state index in [2.05, 4.69) is 4.99 Å². The molecule has 1 aliphatic rings. The monoisotopic (exact) mass is 441 g/mol. The summed E-state index contributed by atoms with van der Waals surface area (Å²) in [4.78, 5) is 29.1. The van der Waals surface area contributed by atoms with Crippen molar-refractivity contribution < 1.29 is 14.5 Å². The molecule has 1 aliphatic heterocycles. The molecule has 0 saturated heterocycles. The summed E-state index contributed by atoms with van der Waals surface area (Å²) in [7, 11) is 0. The van der Waals surface area contributed by atoms with Crippen LogP contribution < -0.4 is 4.90 Å². The molecule has 28 heavy (non-hydrogen) atoms. The second-order valence-corrected chi connectivity index (χ2v) is 8.42. The lowest BCUT2D eigenvalue weighted by Gasteiger charge is -2.23. The SMILES string of the molecule is O=C1CN=C(c2ccccc2)c2cc([N+](=O)[O-])ccc2N1COCC(Cl)(Cl)Cl. The van der Waals surface area contributed by atoms with Crippen molar-refractivity contribution in [1.82, 2.24) is 0 Å². The number of fused-ring (bicyclic) bond motifs is 1. The molecule has 2 aromatic carbocycles. The van der Waals surface area contributed by atoms with Gasteiger partial charge in [-0.1, -0.05) is 65.1 Å². The maximum Gasteiger partial charge on any atom is 0.270 e. The van der Waals surface area contributed by atoms with E-state index in [0.717, 1.165) is 5.56 Å². The third-order valence-electron chi connectivity index (χ3n) is 3.94. The van der Waals surface area contributed by atoms with Crippen LogP contribution in [0.2, 0.25) is 0 Å². The van der Waals surface area contributed by atoms with Gasteiger partial charge in [-0.25, -0.2) is 0 Å². The Morgan fingerprint density at radius 2 is 1.89 bits per heavy atom. The fourth-order valence-electron chi connectivity index (χ4n) is 2.75. The van der Waals surface area contributed by atoms with Crippen LogP contribution in [-0.2, 0) is 9.53 Å². The van der Waals surface area contributed by atoms with Gasteiger partial charge in [-0.3, -0.25) is 24.8 Å². The molecule has 0 fully saturated rings. The van der Waals surface area contributed by atoms with Crippen molar-refractivity contribution >= 4 is 57.8 Å². The zero-order chi connectivity index (χ0) is 20.3. The second-order valence-electron chi connectivity index (χ2n) is 5.90. The van der Waals surface area contributed by atoms with Crippen molar-refractivity contribution in [2.45, 2.75) is 3.79 Å². The third-order valence-corrected chi connectivity index (χ3v) is 4.27. The molecule has 0 bridgehead atoms. The first-order valence-electron chi connectivity index (χ1n) is 8.10. The van der Waals surface area contributed by atoms with Gasteiger partial charge < -0.3 is 4.74 Å². The van der Waals surface area contributed by atoms with Crippen LogP contribution in [-0.4, -0.2) is 40.2 Å². The van der Waals surface area contributed by atoms with Gasteiger partial charge in [-0.2, -0.15) is 0 Å². The van der Waals surface area contributed by atoms with Crippen LogP contribution in [0.4, 0.5) is 11.4 Å². The molecule has 0 unspecified atom stereocenters. The zero-order valence-electron chi connectivity index (χ0n) is 14.3. The fourth-order valence-corrected chi connectivity index (χ4v) is 2.98. The smallest absolute Gasteiger partial charge is 0.270 e. The maximum atomic E-state index is 12.6. The molecular weight excluding hydrogens is 429 g/mol. The number of nitro groups is 1. The van der Waals surface area contributed by atoms with Gasteiger partial charge in [0.15, 0.2) is 0 Å². The largest absolute Gasteiger partial charge is 0.356 e. The molecule has 0 saturated carbocycles. The molecule has 0 aromatic heterocycles. The summed E-state index contributed by atoms with van der Waals surface area (Å²) in [5.74, 6) is -0.342. The lowest BCUT2D eigenvalue weighted by atomic mass is 9.99. The Labute approximate surface area is 175 Å². The Hall–Kier alpha value is -2.19. The Balaban J connectivity index is 2.04. The van der Waals surface area contributed by atoms with E-state index in [1.54, 1.807) is 0 Å². The van der Waals surface area contributed by atoms with Crippen LogP contribution in [0.15, 0.2) is 53.5 Å². The van der Waals surface area contributed by atoms with E-state index in [9.17, 15) is 14.9 Å². The van der Waals surface area contributed by atoms with Crippen molar-refractivity contribution in [3.8, 4) is 0 Å². The van der Waals surface area contributed by atoms with E-state index in [-0.39, 0.29) is 31.5 Å². The molecule has 0 spiro atoms. The molecule has 146 valence electrons. The summed E-state index contributed by atoms with van der Waals surface area (Å²) in [5.41, 5.74) is 1.99. The lowest BCUT2D eigenvalue weighted by molar-refractivity contribution is -0.384. The number of amides is 1. The highest BCUT2D eigenvalue weighted by Crippen LogP contribution is 2.31. The van der Waals surface area contributed by atoms with Crippen LogP contribution in [0.25, 0.3) is 0 Å². The highest BCUT2D eigenvalue weighted by atomic mass is 35.6. The number of nitrogens with zero attached hydrogens (tertiary/aromatic N) is 3. The number of benzene rings is 2. The van der Waals surface area contributed by atoms with Crippen LogP contribution >= 0.6 is 34.8 Å². The average Bonchev–Trinajstić information content (AvgIpc) is 2.78. The summed E-state index contributed by atoms with van der Waals surface area (Å²) >= 11 is 17.1. The van der Waals surface area contributed by atoms with Gasteiger partial charge >= 0.3 is 0 Å². The van der Waals surface area contributed by atoms with Gasteiger partial charge in [-0.15, -0.1) is 0 Å². The number of benzodiazepines with no additional fused rings is 1. The highest BCUT2D eigenvalue weighted by molar-refractivity contribution is 6.67. The molecule has 3 rings (SSSR count). The van der Waals surface area contributed by atoms with Crippen LogP contribution in [0.1, 0.15) is 11.1 Å². The first-order valence-corrected chi connectivity index (χ1v) is 9.23. The number of aliphatic imine (C=N–C) groups is 1. The number of nitro benzene ring substituents is 1. The van der Waals surface area contributed by atoms with Gasteiger partial charge in [0.25, 0.3) is 11.6 Å². The third kappa shape index (κ3) is 4.80. The number of carbonyl (C=O) groups excluding carboxylic acids is 1. The Kier molecular flexibility index (Phi) is 6.20. The maximum absolute atomic E-state index is 12.6. The molecule has 0 atom stereocenters. The van der Waals surface area contributed by atoms with Crippen molar-refractivity contribution in [2.24, 2.45) is 4.99 Å². The Morgan fingerprint density at radius 1 is 1.18 bits per heavy atom. The van der Waals surface area contributed by atoms with Gasteiger partial charge in [0, 0.05) is 23.3 Å². The van der Waals surface area contributed by atoms with E-state index in [4.69, 9.17) is 39.5 Å². The summed E-state index contributed by atoms with van der Waals surface area (Å²) in [6.07, 6.45) is 0. The van der Waals surface area contributed by atoms with Crippen LogP contribution in [0.5, 0.6) is 0 Å². The predicted molar refractivity (Wildman–Crippen MR) is 109 cm³/mol. The van der Waals surface area contributed by atoms with Gasteiger partial charge in [-0.05, 0) is 6.07 Å². The standard InChI is InChI=1S/C18H14Cl3N3O4/c19-18(20,21)10-28-11-23-15-7-6-13(24(26)27)8-14(15)17(22-9-16(23)25)12-4-2-1-3-5-12/h1-8H,9-11H2. The highest BCUT2D eigenvalue weighted by Gasteiger charge is 2.28. The normalized spacial score (nSPS) is 14.3. The summed E-state index contributed by atoms with van der Waals surface area (Å²) in [6.45, 7) is -0.560. The van der Waals surface area contributed by atoms with Gasteiger partial charge in [0.2, 0.25) is 3.79 Å². The first kappa shape index (κ1) is 20.5. The van der Waals surface area contributed by atoms with E-state index in [1.165, 1.54) is 23.1 Å². The molecule has 10 heteroatoms. The van der Waals surface area contributed by atoms with E-state index >= 15 is 0 Å². The van der Waals surface area contributed by atoms with Crippen molar-refractivity contribution in [2.75, 3.05) is 24.8 Å². The molecule has 1 amide bonds. The van der Waals surface area contributed by atoms with E-state index in [0.29, 0.717) is 17.0 Å². The minimum Gasteiger partial charge on any atom is -0.356 e.